The summed E-state index contributed by atoms with van der Waals surface area (Å²) in [5.74, 6) is 0.802. The predicted octanol–water partition coefficient (Wildman–Crippen LogP) is 3.82. The third-order valence-corrected chi connectivity index (χ3v) is 2.84. The molecule has 1 heteroatoms. The summed E-state index contributed by atoms with van der Waals surface area (Å²) in [6.07, 6.45) is 3.76. The van der Waals surface area contributed by atoms with Crippen LogP contribution >= 0.6 is 0 Å². The van der Waals surface area contributed by atoms with E-state index in [1.165, 1.54) is 12.8 Å². The van der Waals surface area contributed by atoms with Crippen molar-refractivity contribution >= 4 is 0 Å². The zero-order valence-electron chi connectivity index (χ0n) is 10.5. The van der Waals surface area contributed by atoms with Crippen molar-refractivity contribution < 1.29 is 0 Å². The van der Waals surface area contributed by atoms with Crippen LogP contribution in [-0.4, -0.2) is 6.54 Å². The fraction of sp³-hybridized carbons (Fsp3) is 1.00. The fourth-order valence-electron chi connectivity index (χ4n) is 1.44. The molecule has 0 spiro atoms. The maximum absolute atomic E-state index is 5.55. The van der Waals surface area contributed by atoms with Gasteiger partial charge in [0, 0.05) is 0 Å². The zero-order chi connectivity index (χ0) is 10.9. The Balaban J connectivity index is 0. The molecule has 0 radical (unpaired) electrons. The van der Waals surface area contributed by atoms with Crippen molar-refractivity contribution in [1.82, 2.24) is 0 Å². The monoisotopic (exact) mass is 187 g/mol. The smallest absolute Gasteiger partial charge is 0.00721 e. The molecule has 0 aromatic carbocycles. The molecule has 0 amide bonds. The van der Waals surface area contributed by atoms with Gasteiger partial charge in [-0.1, -0.05) is 54.4 Å². The maximum Gasteiger partial charge on any atom is -0.00721 e. The highest BCUT2D eigenvalue weighted by molar-refractivity contribution is 4.75. The molecule has 0 heterocycles. The van der Waals surface area contributed by atoms with Crippen LogP contribution < -0.4 is 5.73 Å². The van der Waals surface area contributed by atoms with Crippen molar-refractivity contribution in [2.45, 2.75) is 60.8 Å². The fourth-order valence-corrected chi connectivity index (χ4v) is 1.44. The number of rotatable bonds is 5. The lowest BCUT2D eigenvalue weighted by atomic mass is 9.75. The molecule has 0 saturated carbocycles. The summed E-state index contributed by atoms with van der Waals surface area (Å²) >= 11 is 0. The van der Waals surface area contributed by atoms with Gasteiger partial charge in [-0.2, -0.15) is 0 Å². The van der Waals surface area contributed by atoms with Crippen molar-refractivity contribution in [1.29, 1.82) is 0 Å². The standard InChI is InChI=1S/C10H23N.C2H6/c1-5-6-9(2)10(3,4)7-8-11;1-2/h9H,5-8,11H2,1-4H3;1-2H3. The number of nitrogens with two attached hydrogens (primary N) is 1. The van der Waals surface area contributed by atoms with Crippen LogP contribution in [0.1, 0.15) is 60.8 Å². The summed E-state index contributed by atoms with van der Waals surface area (Å²) in [7, 11) is 0. The van der Waals surface area contributed by atoms with E-state index in [4.69, 9.17) is 5.73 Å². The van der Waals surface area contributed by atoms with Crippen LogP contribution in [0, 0.1) is 11.3 Å². The van der Waals surface area contributed by atoms with Crippen molar-refractivity contribution in [3.63, 3.8) is 0 Å². The Morgan fingerprint density at radius 3 is 2.00 bits per heavy atom. The largest absolute Gasteiger partial charge is 0.330 e. The summed E-state index contributed by atoms with van der Waals surface area (Å²) in [6, 6.07) is 0. The Morgan fingerprint density at radius 2 is 1.69 bits per heavy atom. The lowest BCUT2D eigenvalue weighted by Gasteiger charge is -2.31. The molecular formula is C12H29N. The minimum atomic E-state index is 0.435. The zero-order valence-corrected chi connectivity index (χ0v) is 10.5. The van der Waals surface area contributed by atoms with Crippen molar-refractivity contribution in [2.75, 3.05) is 6.54 Å². The molecule has 0 rings (SSSR count). The van der Waals surface area contributed by atoms with E-state index < -0.39 is 0 Å². The molecule has 0 fully saturated rings. The first-order valence-corrected chi connectivity index (χ1v) is 5.74. The molecule has 1 atom stereocenters. The van der Waals surface area contributed by atoms with E-state index in [0.717, 1.165) is 18.9 Å². The van der Waals surface area contributed by atoms with E-state index in [2.05, 4.69) is 27.7 Å². The third-order valence-electron chi connectivity index (χ3n) is 2.84. The Kier molecular flexibility index (Phi) is 10.2. The lowest BCUT2D eigenvalue weighted by molar-refractivity contribution is 0.203. The van der Waals surface area contributed by atoms with Crippen LogP contribution in [0.15, 0.2) is 0 Å². The lowest BCUT2D eigenvalue weighted by Crippen LogP contribution is -2.24. The molecule has 0 bridgehead atoms. The summed E-state index contributed by atoms with van der Waals surface area (Å²) in [6.45, 7) is 14.0. The molecule has 0 aliphatic rings. The average Bonchev–Trinajstić information content (AvgIpc) is 2.08. The van der Waals surface area contributed by atoms with Crippen LogP contribution in [0.3, 0.4) is 0 Å². The predicted molar refractivity (Wildman–Crippen MR) is 62.9 cm³/mol. The first-order chi connectivity index (χ1) is 6.04. The molecule has 82 valence electrons. The summed E-state index contributed by atoms with van der Waals surface area (Å²) in [5, 5.41) is 0. The Hall–Kier alpha value is -0.0400. The van der Waals surface area contributed by atoms with Gasteiger partial charge in [-0.05, 0) is 24.3 Å². The normalized spacial score (nSPS) is 13.2. The highest BCUT2D eigenvalue weighted by Gasteiger charge is 2.23. The van der Waals surface area contributed by atoms with Crippen molar-refractivity contribution in [2.24, 2.45) is 17.1 Å². The first-order valence-electron chi connectivity index (χ1n) is 5.74. The van der Waals surface area contributed by atoms with Gasteiger partial charge < -0.3 is 5.73 Å². The van der Waals surface area contributed by atoms with Crippen LogP contribution in [0.4, 0.5) is 0 Å². The molecular weight excluding hydrogens is 158 g/mol. The van der Waals surface area contributed by atoms with Gasteiger partial charge in [0.2, 0.25) is 0 Å². The average molecular weight is 187 g/mol. The van der Waals surface area contributed by atoms with Gasteiger partial charge in [0.15, 0.2) is 0 Å². The van der Waals surface area contributed by atoms with Gasteiger partial charge >= 0.3 is 0 Å². The molecule has 1 nitrogen and oxygen atoms in total. The SMILES string of the molecule is CC.CCCC(C)C(C)(C)CCN. The maximum atomic E-state index is 5.55. The summed E-state index contributed by atoms with van der Waals surface area (Å²) in [4.78, 5) is 0. The highest BCUT2D eigenvalue weighted by Crippen LogP contribution is 2.32. The van der Waals surface area contributed by atoms with E-state index in [0.29, 0.717) is 5.41 Å². The molecule has 1 unspecified atom stereocenters. The van der Waals surface area contributed by atoms with Gasteiger partial charge in [0.05, 0.1) is 0 Å². The van der Waals surface area contributed by atoms with Crippen LogP contribution in [0.5, 0.6) is 0 Å². The third kappa shape index (κ3) is 7.06. The molecule has 13 heavy (non-hydrogen) atoms. The minimum Gasteiger partial charge on any atom is -0.330 e. The molecule has 0 aliphatic heterocycles. The molecule has 0 aliphatic carbocycles. The molecule has 2 N–H and O–H groups in total. The van der Waals surface area contributed by atoms with E-state index in [1.54, 1.807) is 0 Å². The van der Waals surface area contributed by atoms with E-state index >= 15 is 0 Å². The second-order valence-electron chi connectivity index (χ2n) is 4.22. The van der Waals surface area contributed by atoms with Crippen molar-refractivity contribution in [3.8, 4) is 0 Å². The van der Waals surface area contributed by atoms with E-state index in [-0.39, 0.29) is 0 Å². The van der Waals surface area contributed by atoms with Crippen molar-refractivity contribution in [3.05, 3.63) is 0 Å². The molecule has 0 saturated heterocycles. The topological polar surface area (TPSA) is 26.0 Å². The van der Waals surface area contributed by atoms with Gasteiger partial charge in [-0.15, -0.1) is 0 Å². The highest BCUT2D eigenvalue weighted by atomic mass is 14.5. The quantitative estimate of drug-likeness (QED) is 0.695. The van der Waals surface area contributed by atoms with E-state index in [1.807, 2.05) is 13.8 Å². The van der Waals surface area contributed by atoms with Gasteiger partial charge in [-0.25, -0.2) is 0 Å². The van der Waals surface area contributed by atoms with Crippen LogP contribution in [0.25, 0.3) is 0 Å². The van der Waals surface area contributed by atoms with Gasteiger partial charge in [0.1, 0.15) is 0 Å². The van der Waals surface area contributed by atoms with Gasteiger partial charge in [0.25, 0.3) is 0 Å². The summed E-state index contributed by atoms with van der Waals surface area (Å²) < 4.78 is 0. The second kappa shape index (κ2) is 8.55. The second-order valence-corrected chi connectivity index (χ2v) is 4.22. The molecule has 0 aromatic rings. The first kappa shape index (κ1) is 15.4. The van der Waals surface area contributed by atoms with Crippen LogP contribution in [-0.2, 0) is 0 Å². The Morgan fingerprint density at radius 1 is 1.23 bits per heavy atom. The Bertz CT molecular complexity index is 97.3. The minimum absolute atomic E-state index is 0.435. The van der Waals surface area contributed by atoms with Gasteiger partial charge in [-0.3, -0.25) is 0 Å². The Labute approximate surface area is 85.1 Å². The molecule has 0 aromatic heterocycles. The van der Waals surface area contributed by atoms with E-state index in [9.17, 15) is 0 Å². The summed E-state index contributed by atoms with van der Waals surface area (Å²) in [5.41, 5.74) is 5.98. The number of hydrogen-bond donors (Lipinski definition) is 1. The number of hydrogen-bond acceptors (Lipinski definition) is 1. The van der Waals surface area contributed by atoms with Crippen LogP contribution in [0.2, 0.25) is 0 Å².